The van der Waals surface area contributed by atoms with Gasteiger partial charge in [0, 0.05) is 0 Å². The fourth-order valence-corrected chi connectivity index (χ4v) is 6.98. The molecular weight excluding hydrogens is 888 g/mol. The first-order chi connectivity index (χ1) is 29.2. The predicted octanol–water partition coefficient (Wildman–Crippen LogP) is 2.76. The van der Waals surface area contributed by atoms with Crippen molar-refractivity contribution in [1.29, 1.82) is 0 Å². The molecule has 24 nitrogen and oxygen atoms in total. The fraction of sp³-hybridized carbons (Fsp3) is 0. The molecule has 0 fully saturated rings. The molecule has 2 heterocycles. The summed E-state index contributed by atoms with van der Waals surface area (Å²) in [5, 5.41) is 82.3. The van der Waals surface area contributed by atoms with Crippen molar-refractivity contribution in [2.24, 2.45) is 20.5 Å². The van der Waals surface area contributed by atoms with Crippen LogP contribution in [0.3, 0.4) is 0 Å². The molecule has 316 valence electrons. The molecule has 63 heavy (non-hydrogen) atoms. The van der Waals surface area contributed by atoms with Crippen LogP contribution in [0.25, 0.3) is 23.5 Å². The number of carboxylic acids is 4. The summed E-state index contributed by atoms with van der Waals surface area (Å²) >= 11 is 0. The number of carboxylic acid groups (broad SMARTS) is 4. The molecule has 0 radical (unpaired) electrons. The van der Waals surface area contributed by atoms with Gasteiger partial charge in [0.15, 0.2) is 11.4 Å². The molecule has 4 aromatic carbocycles. The summed E-state index contributed by atoms with van der Waals surface area (Å²) in [6.07, 6.45) is 2.02. The van der Waals surface area contributed by atoms with E-state index >= 15 is 0 Å². The summed E-state index contributed by atoms with van der Waals surface area (Å²) in [5.41, 5.74) is -5.72. The Balaban J connectivity index is 0.00000748. The molecule has 6 aromatic rings. The molecule has 0 aliphatic heterocycles. The van der Waals surface area contributed by atoms with Crippen LogP contribution in [-0.2, 0) is 20.2 Å². The second kappa shape index (κ2) is 18.3. The molecular formula is C36H24N8NaO16S2+. The van der Waals surface area contributed by atoms with Crippen LogP contribution < -0.4 is 29.6 Å². The topological polar surface area (TPSA) is 383 Å². The summed E-state index contributed by atoms with van der Waals surface area (Å²) in [6.45, 7) is 0. The first kappa shape index (κ1) is 46.6. The van der Waals surface area contributed by atoms with Crippen molar-refractivity contribution < 1.29 is 105 Å². The van der Waals surface area contributed by atoms with Crippen molar-refractivity contribution in [2.75, 3.05) is 0 Å². The van der Waals surface area contributed by atoms with Crippen LogP contribution >= 0.6 is 0 Å². The van der Waals surface area contributed by atoms with E-state index in [1.165, 1.54) is 48.5 Å². The van der Waals surface area contributed by atoms with Crippen LogP contribution in [0, 0.1) is 0 Å². The normalized spacial score (nSPS) is 11.9. The summed E-state index contributed by atoms with van der Waals surface area (Å²) in [4.78, 5) is 45.6. The Kier molecular flexibility index (Phi) is 13.5. The number of carbonyl (C=O) groups is 4. The van der Waals surface area contributed by atoms with E-state index in [4.69, 9.17) is 0 Å². The molecule has 2 aromatic heterocycles. The Bertz CT molecular complexity index is 2990. The van der Waals surface area contributed by atoms with Gasteiger partial charge in [0.25, 0.3) is 20.2 Å². The number of hydrogen-bond acceptors (Lipinski definition) is 16. The van der Waals surface area contributed by atoms with E-state index in [1.54, 1.807) is 0 Å². The van der Waals surface area contributed by atoms with Crippen LogP contribution in [0.2, 0.25) is 0 Å². The zero-order chi connectivity index (χ0) is 45.3. The van der Waals surface area contributed by atoms with E-state index in [-0.39, 0.29) is 74.6 Å². The third kappa shape index (κ3) is 9.86. The maximum absolute atomic E-state index is 12.4. The van der Waals surface area contributed by atoms with E-state index < -0.39 is 88.4 Å². The molecule has 8 N–H and O–H groups in total. The standard InChI is InChI=1S/C36H24N8O16S2.Na/c45-31-27(29(35(51)52)41-43(31)23-7-3-1-5-21(23)33(47)48)39-37-19-13-11-17(25(15-19)61(55,56)57)9-10-18-12-14-20(16-26(18)62(58,59)60)38-40-28-30(36(53)54)42-44(32(28)46)24-8-4-2-6-22(24)34(49)50;/h1-16,45-46H,(H,47,48)(H,49,50)(H,51,52)(H,53,54)(H,55,56,57)(H,58,59,60);/q;+1/b10-9+,39-37?,40-38?;. The number of para-hydroxylation sites is 2. The minimum absolute atomic E-state index is 0. The van der Waals surface area contributed by atoms with Crippen molar-refractivity contribution in [1.82, 2.24) is 19.6 Å². The van der Waals surface area contributed by atoms with Crippen molar-refractivity contribution in [3.63, 3.8) is 0 Å². The molecule has 6 rings (SSSR count). The molecule has 0 bridgehead atoms. The van der Waals surface area contributed by atoms with Gasteiger partial charge in [-0.1, -0.05) is 48.6 Å². The average molecular weight is 912 g/mol. The number of nitrogens with zero attached hydrogens (tertiary/aromatic N) is 8. The monoisotopic (exact) mass is 911 g/mol. The summed E-state index contributed by atoms with van der Waals surface area (Å²) < 4.78 is 71.0. The largest absolute Gasteiger partial charge is 1.00 e. The van der Waals surface area contributed by atoms with Gasteiger partial charge in [0.05, 0.1) is 33.9 Å². The molecule has 0 unspecified atom stereocenters. The molecule has 0 saturated carbocycles. The van der Waals surface area contributed by atoms with E-state index in [0.29, 0.717) is 9.36 Å². The number of aromatic hydroxyl groups is 2. The minimum Gasteiger partial charge on any atom is -0.492 e. The van der Waals surface area contributed by atoms with E-state index in [2.05, 4.69) is 30.7 Å². The van der Waals surface area contributed by atoms with Gasteiger partial charge in [-0.2, -0.15) is 46.6 Å². The van der Waals surface area contributed by atoms with Gasteiger partial charge in [0.1, 0.15) is 9.79 Å². The second-order valence-electron chi connectivity index (χ2n) is 12.2. The number of rotatable bonds is 14. The first-order valence-corrected chi connectivity index (χ1v) is 19.6. The van der Waals surface area contributed by atoms with E-state index in [9.17, 15) is 75.8 Å². The molecule has 27 heteroatoms. The number of azo groups is 2. The Labute approximate surface area is 373 Å². The summed E-state index contributed by atoms with van der Waals surface area (Å²) in [5.74, 6) is -8.17. The van der Waals surface area contributed by atoms with E-state index in [0.717, 1.165) is 48.6 Å². The molecule has 0 amide bonds. The first-order valence-electron chi connectivity index (χ1n) is 16.7. The van der Waals surface area contributed by atoms with Crippen molar-refractivity contribution in [2.45, 2.75) is 9.79 Å². The zero-order valence-corrected chi connectivity index (χ0v) is 35.1. The van der Waals surface area contributed by atoms with Crippen molar-refractivity contribution >= 4 is 79.0 Å². The van der Waals surface area contributed by atoms with Gasteiger partial charge in [-0.15, -0.1) is 10.2 Å². The maximum atomic E-state index is 12.4. The Hall–Kier alpha value is -7.46. The van der Waals surface area contributed by atoms with Crippen LogP contribution in [0.1, 0.15) is 52.8 Å². The quantitative estimate of drug-likeness (QED) is 0.0337. The molecule has 0 aliphatic rings. The van der Waals surface area contributed by atoms with Crippen molar-refractivity contribution in [3.05, 3.63) is 119 Å². The minimum atomic E-state index is -5.09. The SMILES string of the molecule is O=C(O)c1ccccc1-n1nc(C(=O)O)c(N=Nc2ccc(/C=C/c3ccc(N=Nc4c(C(=O)O)nn(-c5ccccc5C(=O)O)c4O)cc3S(=O)(=O)O)c(S(=O)(=O)O)c2)c1O.[Na+]. The number of aromatic carboxylic acids is 4. The fourth-order valence-electron chi connectivity index (χ4n) is 5.58. The Morgan fingerprint density at radius 1 is 0.524 bits per heavy atom. The van der Waals surface area contributed by atoms with Gasteiger partial charge in [-0.25, -0.2) is 19.2 Å². The Morgan fingerprint density at radius 3 is 1.19 bits per heavy atom. The molecule has 0 atom stereocenters. The Morgan fingerprint density at radius 2 is 0.873 bits per heavy atom. The third-order valence-electron chi connectivity index (χ3n) is 8.33. The van der Waals surface area contributed by atoms with Crippen LogP contribution in [0.4, 0.5) is 22.7 Å². The molecule has 0 spiro atoms. The smallest absolute Gasteiger partial charge is 0.492 e. The average Bonchev–Trinajstić information content (AvgIpc) is 3.73. The van der Waals surface area contributed by atoms with Crippen LogP contribution in [-0.4, -0.2) is 100 Å². The van der Waals surface area contributed by atoms with Gasteiger partial charge in [-0.3, -0.25) is 9.11 Å². The van der Waals surface area contributed by atoms with Gasteiger partial charge >= 0.3 is 53.4 Å². The maximum Gasteiger partial charge on any atom is 1.00 e. The van der Waals surface area contributed by atoms with Gasteiger partial charge in [0.2, 0.25) is 23.1 Å². The third-order valence-corrected chi connectivity index (χ3v) is 10.1. The second-order valence-corrected chi connectivity index (χ2v) is 15.0. The molecule has 0 aliphatic carbocycles. The number of aromatic nitrogens is 4. The van der Waals surface area contributed by atoms with Crippen molar-refractivity contribution in [3.8, 4) is 23.1 Å². The van der Waals surface area contributed by atoms with Crippen LogP contribution in [0.5, 0.6) is 11.8 Å². The van der Waals surface area contributed by atoms with Gasteiger partial charge < -0.3 is 30.6 Å². The molecule has 0 saturated heterocycles. The summed E-state index contributed by atoms with van der Waals surface area (Å²) in [7, 11) is -10.2. The number of hydrogen-bond donors (Lipinski definition) is 8. The van der Waals surface area contributed by atoms with Crippen LogP contribution in [0.15, 0.2) is 115 Å². The zero-order valence-electron chi connectivity index (χ0n) is 31.5. The van der Waals surface area contributed by atoms with Gasteiger partial charge in [-0.05, 0) is 59.7 Å². The van der Waals surface area contributed by atoms with E-state index in [1.807, 2.05) is 0 Å². The number of benzene rings is 4. The predicted molar refractivity (Wildman–Crippen MR) is 208 cm³/mol. The summed E-state index contributed by atoms with van der Waals surface area (Å²) in [6, 6.07) is 16.2.